The first-order chi connectivity index (χ1) is 9.51. The van der Waals surface area contributed by atoms with Gasteiger partial charge in [-0.05, 0) is 62.6 Å². The highest BCUT2D eigenvalue weighted by molar-refractivity contribution is 4.91. The van der Waals surface area contributed by atoms with Crippen LogP contribution in [-0.2, 0) is 0 Å². The Morgan fingerprint density at radius 2 is 1.70 bits per heavy atom. The van der Waals surface area contributed by atoms with Gasteiger partial charge in [0.05, 0.1) is 0 Å². The highest BCUT2D eigenvalue weighted by Crippen LogP contribution is 2.41. The molecule has 1 heterocycles. The minimum atomic E-state index is 0.557. The van der Waals surface area contributed by atoms with Gasteiger partial charge in [0.25, 0.3) is 0 Å². The normalized spacial score (nSPS) is 35.1. The van der Waals surface area contributed by atoms with Gasteiger partial charge in [-0.15, -0.1) is 0 Å². The predicted octanol–water partition coefficient (Wildman–Crippen LogP) is 3.91. The van der Waals surface area contributed by atoms with E-state index < -0.39 is 0 Å². The number of nitrogens with zero attached hydrogens (tertiary/aromatic N) is 1. The average molecular weight is 280 g/mol. The molecule has 0 aromatic carbocycles. The van der Waals surface area contributed by atoms with Crippen molar-refractivity contribution in [3.05, 3.63) is 0 Å². The standard InChI is InChI=1S/C18H36N2/c1-5-17(3)10-12-20(13-11-17)15-18(14-19-4)8-6-16(2)7-9-18/h16,19H,5-15H2,1-4H3. The van der Waals surface area contributed by atoms with Crippen LogP contribution in [0, 0.1) is 16.7 Å². The molecule has 1 N–H and O–H groups in total. The van der Waals surface area contributed by atoms with Gasteiger partial charge in [-0.25, -0.2) is 0 Å². The van der Waals surface area contributed by atoms with Crippen molar-refractivity contribution in [2.24, 2.45) is 16.7 Å². The molecule has 1 saturated heterocycles. The zero-order chi connectivity index (χ0) is 14.6. The number of likely N-dealkylation sites (tertiary alicyclic amines) is 1. The van der Waals surface area contributed by atoms with Crippen molar-refractivity contribution >= 4 is 0 Å². The molecule has 2 nitrogen and oxygen atoms in total. The fourth-order valence-corrected chi connectivity index (χ4v) is 4.22. The minimum Gasteiger partial charge on any atom is -0.319 e. The van der Waals surface area contributed by atoms with Gasteiger partial charge in [0, 0.05) is 13.1 Å². The van der Waals surface area contributed by atoms with Gasteiger partial charge in [0.2, 0.25) is 0 Å². The molecule has 0 amide bonds. The zero-order valence-electron chi connectivity index (χ0n) is 14.3. The fraction of sp³-hybridized carbons (Fsp3) is 1.00. The third-order valence-electron chi connectivity index (χ3n) is 6.36. The van der Waals surface area contributed by atoms with E-state index in [0.29, 0.717) is 10.8 Å². The van der Waals surface area contributed by atoms with Gasteiger partial charge in [-0.2, -0.15) is 0 Å². The molecular formula is C18H36N2. The van der Waals surface area contributed by atoms with Gasteiger partial charge in [0.1, 0.15) is 0 Å². The summed E-state index contributed by atoms with van der Waals surface area (Å²) in [6.45, 7) is 12.5. The van der Waals surface area contributed by atoms with Crippen molar-refractivity contribution in [1.29, 1.82) is 0 Å². The predicted molar refractivity (Wildman–Crippen MR) is 88.1 cm³/mol. The lowest BCUT2D eigenvalue weighted by atomic mass is 9.69. The smallest absolute Gasteiger partial charge is 0.00501 e. The number of piperidine rings is 1. The van der Waals surface area contributed by atoms with Crippen LogP contribution in [0.1, 0.15) is 65.7 Å². The van der Waals surface area contributed by atoms with Crippen molar-refractivity contribution < 1.29 is 0 Å². The Morgan fingerprint density at radius 3 is 2.20 bits per heavy atom. The van der Waals surface area contributed by atoms with Crippen molar-refractivity contribution in [3.63, 3.8) is 0 Å². The summed E-state index contributed by atoms with van der Waals surface area (Å²) in [4.78, 5) is 2.77. The fourth-order valence-electron chi connectivity index (χ4n) is 4.22. The molecule has 1 aliphatic heterocycles. The van der Waals surface area contributed by atoms with Gasteiger partial charge in [-0.1, -0.05) is 40.0 Å². The number of hydrogen-bond donors (Lipinski definition) is 1. The number of rotatable bonds is 5. The highest BCUT2D eigenvalue weighted by atomic mass is 15.1. The van der Waals surface area contributed by atoms with Crippen molar-refractivity contribution in [1.82, 2.24) is 10.2 Å². The lowest BCUT2D eigenvalue weighted by Crippen LogP contribution is -2.48. The summed E-state index contributed by atoms with van der Waals surface area (Å²) in [5, 5.41) is 3.48. The molecule has 2 fully saturated rings. The molecule has 2 aliphatic rings. The molecule has 20 heavy (non-hydrogen) atoms. The molecular weight excluding hydrogens is 244 g/mol. The second-order valence-corrected chi connectivity index (χ2v) is 8.15. The Morgan fingerprint density at radius 1 is 1.10 bits per heavy atom. The van der Waals surface area contributed by atoms with Gasteiger partial charge in [-0.3, -0.25) is 0 Å². The van der Waals surface area contributed by atoms with Crippen LogP contribution >= 0.6 is 0 Å². The summed E-state index contributed by atoms with van der Waals surface area (Å²) >= 11 is 0. The molecule has 0 aromatic rings. The first-order valence-corrected chi connectivity index (χ1v) is 8.88. The SMILES string of the molecule is CCC1(C)CCN(CC2(CNC)CCC(C)CC2)CC1. The van der Waals surface area contributed by atoms with Crippen LogP contribution in [0.25, 0.3) is 0 Å². The van der Waals surface area contributed by atoms with E-state index in [1.54, 1.807) is 0 Å². The largest absolute Gasteiger partial charge is 0.319 e. The Labute approximate surface area is 126 Å². The summed E-state index contributed by atoms with van der Waals surface area (Å²) in [5.74, 6) is 0.949. The summed E-state index contributed by atoms with van der Waals surface area (Å²) in [7, 11) is 2.13. The van der Waals surface area contributed by atoms with E-state index in [1.807, 2.05) is 0 Å². The van der Waals surface area contributed by atoms with Gasteiger partial charge < -0.3 is 10.2 Å². The molecule has 2 rings (SSSR count). The number of nitrogens with one attached hydrogen (secondary N) is 1. The first-order valence-electron chi connectivity index (χ1n) is 8.88. The van der Waals surface area contributed by atoms with E-state index in [1.165, 1.54) is 71.1 Å². The number of hydrogen-bond acceptors (Lipinski definition) is 2. The molecule has 1 aliphatic carbocycles. The van der Waals surface area contributed by atoms with Crippen LogP contribution in [0.2, 0.25) is 0 Å². The molecule has 0 spiro atoms. The van der Waals surface area contributed by atoms with E-state index in [0.717, 1.165) is 5.92 Å². The molecule has 2 heteroatoms. The maximum Gasteiger partial charge on any atom is 0.00501 e. The molecule has 0 unspecified atom stereocenters. The van der Waals surface area contributed by atoms with E-state index in [4.69, 9.17) is 0 Å². The Bertz CT molecular complexity index is 284. The van der Waals surface area contributed by atoms with Crippen LogP contribution in [0.5, 0.6) is 0 Å². The summed E-state index contributed by atoms with van der Waals surface area (Å²) in [5.41, 5.74) is 1.18. The van der Waals surface area contributed by atoms with E-state index in [-0.39, 0.29) is 0 Å². The Kier molecular flexibility index (Phi) is 5.53. The van der Waals surface area contributed by atoms with E-state index >= 15 is 0 Å². The lowest BCUT2D eigenvalue weighted by molar-refractivity contribution is 0.0459. The monoisotopic (exact) mass is 280 g/mol. The minimum absolute atomic E-state index is 0.557. The lowest BCUT2D eigenvalue weighted by Gasteiger charge is -2.46. The quantitative estimate of drug-likeness (QED) is 0.821. The second-order valence-electron chi connectivity index (χ2n) is 8.15. The second kappa shape index (κ2) is 6.79. The maximum atomic E-state index is 3.48. The van der Waals surface area contributed by atoms with Gasteiger partial charge in [0.15, 0.2) is 0 Å². The summed E-state index contributed by atoms with van der Waals surface area (Å²) < 4.78 is 0. The third kappa shape index (κ3) is 3.98. The van der Waals surface area contributed by atoms with Crippen LogP contribution < -0.4 is 5.32 Å². The zero-order valence-corrected chi connectivity index (χ0v) is 14.3. The molecule has 1 saturated carbocycles. The maximum absolute atomic E-state index is 3.48. The first kappa shape index (κ1) is 16.3. The van der Waals surface area contributed by atoms with Gasteiger partial charge >= 0.3 is 0 Å². The molecule has 0 bridgehead atoms. The van der Waals surface area contributed by atoms with Crippen LogP contribution in [0.15, 0.2) is 0 Å². The van der Waals surface area contributed by atoms with Crippen molar-refractivity contribution in [2.75, 3.05) is 33.2 Å². The average Bonchev–Trinajstić information content (AvgIpc) is 2.45. The Hall–Kier alpha value is -0.0800. The summed E-state index contributed by atoms with van der Waals surface area (Å²) in [6.07, 6.45) is 9.86. The van der Waals surface area contributed by atoms with Crippen LogP contribution in [0.3, 0.4) is 0 Å². The Balaban J connectivity index is 1.89. The molecule has 118 valence electrons. The van der Waals surface area contributed by atoms with Crippen LogP contribution in [-0.4, -0.2) is 38.1 Å². The topological polar surface area (TPSA) is 15.3 Å². The summed E-state index contributed by atoms with van der Waals surface area (Å²) in [6, 6.07) is 0. The highest BCUT2D eigenvalue weighted by Gasteiger charge is 2.37. The molecule has 0 atom stereocenters. The van der Waals surface area contributed by atoms with Crippen LogP contribution in [0.4, 0.5) is 0 Å². The molecule has 0 radical (unpaired) electrons. The van der Waals surface area contributed by atoms with Crippen molar-refractivity contribution in [2.45, 2.75) is 65.7 Å². The van der Waals surface area contributed by atoms with Crippen molar-refractivity contribution in [3.8, 4) is 0 Å². The van der Waals surface area contributed by atoms with E-state index in [2.05, 4.69) is 38.0 Å². The third-order valence-corrected chi connectivity index (χ3v) is 6.36. The molecule has 0 aromatic heterocycles. The van der Waals surface area contributed by atoms with E-state index in [9.17, 15) is 0 Å².